The van der Waals surface area contributed by atoms with Crippen molar-refractivity contribution in [2.24, 2.45) is 0 Å². The van der Waals surface area contributed by atoms with Crippen LogP contribution in [0.25, 0.3) is 0 Å². The van der Waals surface area contributed by atoms with Gasteiger partial charge in [-0.3, -0.25) is 9.10 Å². The number of methoxy groups -OCH3 is 2. The normalized spacial score (nSPS) is 15.2. The van der Waals surface area contributed by atoms with Gasteiger partial charge in [-0.05, 0) is 49.2 Å². The molecular formula is C24H31ClN2O5S. The van der Waals surface area contributed by atoms with Crippen LogP contribution in [-0.4, -0.2) is 41.1 Å². The molecule has 0 bridgehead atoms. The summed E-state index contributed by atoms with van der Waals surface area (Å²) in [5.41, 5.74) is 0.349. The first-order valence-electron chi connectivity index (χ1n) is 11.1. The van der Waals surface area contributed by atoms with Crippen molar-refractivity contribution in [2.75, 3.05) is 25.1 Å². The smallest absolute Gasteiger partial charge is 0.264 e. The van der Waals surface area contributed by atoms with Gasteiger partial charge in [-0.2, -0.15) is 0 Å². The number of ether oxygens (including phenoxy) is 2. The summed E-state index contributed by atoms with van der Waals surface area (Å²) in [5.74, 6) is 0.365. The lowest BCUT2D eigenvalue weighted by Crippen LogP contribution is -2.44. The third-order valence-corrected chi connectivity index (χ3v) is 7.84. The highest BCUT2D eigenvalue weighted by Gasteiger charge is 2.29. The molecule has 7 nitrogen and oxygen atoms in total. The van der Waals surface area contributed by atoms with Crippen molar-refractivity contribution in [3.63, 3.8) is 0 Å². The van der Waals surface area contributed by atoms with Crippen molar-refractivity contribution in [1.29, 1.82) is 0 Å². The highest BCUT2D eigenvalue weighted by atomic mass is 35.5. The SMILES string of the molecule is COc1ccc(S(=O)(=O)N(CC(=O)NC2CCCCCCC2)c2ccc(Cl)cc2)cc1OC. The molecule has 1 aliphatic carbocycles. The van der Waals surface area contributed by atoms with E-state index in [2.05, 4.69) is 5.32 Å². The summed E-state index contributed by atoms with van der Waals surface area (Å²) in [4.78, 5) is 13.0. The molecule has 1 amide bonds. The Balaban J connectivity index is 1.89. The Kier molecular flexibility index (Phi) is 8.86. The van der Waals surface area contributed by atoms with E-state index in [0.29, 0.717) is 16.5 Å². The van der Waals surface area contributed by atoms with E-state index >= 15 is 0 Å². The quantitative estimate of drug-likeness (QED) is 0.570. The molecule has 33 heavy (non-hydrogen) atoms. The molecule has 0 aliphatic heterocycles. The molecule has 3 rings (SSSR count). The summed E-state index contributed by atoms with van der Waals surface area (Å²) >= 11 is 6.01. The van der Waals surface area contributed by atoms with E-state index in [1.54, 1.807) is 24.3 Å². The zero-order valence-electron chi connectivity index (χ0n) is 19.1. The van der Waals surface area contributed by atoms with Gasteiger partial charge in [-0.1, -0.05) is 43.7 Å². The molecule has 1 N–H and O–H groups in total. The summed E-state index contributed by atoms with van der Waals surface area (Å²) in [6, 6.07) is 10.8. The minimum absolute atomic E-state index is 0.00569. The number of amides is 1. The number of rotatable bonds is 8. The molecule has 0 unspecified atom stereocenters. The topological polar surface area (TPSA) is 84.9 Å². The van der Waals surface area contributed by atoms with E-state index in [1.807, 2.05) is 0 Å². The highest BCUT2D eigenvalue weighted by molar-refractivity contribution is 7.92. The summed E-state index contributed by atoms with van der Waals surface area (Å²) < 4.78 is 38.9. The van der Waals surface area contributed by atoms with Gasteiger partial charge in [0, 0.05) is 17.1 Å². The highest BCUT2D eigenvalue weighted by Crippen LogP contribution is 2.32. The van der Waals surface area contributed by atoms with Crippen molar-refractivity contribution in [3.8, 4) is 11.5 Å². The summed E-state index contributed by atoms with van der Waals surface area (Å²) in [6.07, 6.45) is 7.51. The number of benzene rings is 2. The number of carbonyl (C=O) groups is 1. The van der Waals surface area contributed by atoms with E-state index in [9.17, 15) is 13.2 Å². The molecule has 1 fully saturated rings. The Morgan fingerprint density at radius 3 is 2.18 bits per heavy atom. The molecule has 0 radical (unpaired) electrons. The third kappa shape index (κ3) is 6.54. The van der Waals surface area contributed by atoms with Crippen LogP contribution >= 0.6 is 11.6 Å². The lowest BCUT2D eigenvalue weighted by molar-refractivity contribution is -0.120. The van der Waals surface area contributed by atoms with Gasteiger partial charge in [0.15, 0.2) is 11.5 Å². The number of halogens is 1. The van der Waals surface area contributed by atoms with Crippen molar-refractivity contribution < 1.29 is 22.7 Å². The van der Waals surface area contributed by atoms with E-state index in [1.165, 1.54) is 38.8 Å². The molecule has 0 aromatic heterocycles. The number of anilines is 1. The van der Waals surface area contributed by atoms with Gasteiger partial charge in [-0.25, -0.2) is 8.42 Å². The fourth-order valence-electron chi connectivity index (χ4n) is 4.03. The minimum atomic E-state index is -4.08. The maximum Gasteiger partial charge on any atom is 0.264 e. The second kappa shape index (κ2) is 11.6. The van der Waals surface area contributed by atoms with E-state index in [-0.39, 0.29) is 29.1 Å². The monoisotopic (exact) mass is 494 g/mol. The van der Waals surface area contributed by atoms with Gasteiger partial charge in [0.2, 0.25) is 5.91 Å². The number of sulfonamides is 1. The Morgan fingerprint density at radius 2 is 1.58 bits per heavy atom. The average Bonchev–Trinajstić information content (AvgIpc) is 2.79. The van der Waals surface area contributed by atoms with Crippen molar-refractivity contribution in [3.05, 3.63) is 47.5 Å². The summed E-state index contributed by atoms with van der Waals surface area (Å²) in [5, 5.41) is 3.52. The lowest BCUT2D eigenvalue weighted by atomic mass is 9.97. The number of nitrogens with one attached hydrogen (secondary N) is 1. The number of nitrogens with zero attached hydrogens (tertiary/aromatic N) is 1. The van der Waals surface area contributed by atoms with Gasteiger partial charge in [0.05, 0.1) is 24.8 Å². The molecular weight excluding hydrogens is 464 g/mol. The maximum atomic E-state index is 13.6. The van der Waals surface area contributed by atoms with Crippen LogP contribution in [0.4, 0.5) is 5.69 Å². The third-order valence-electron chi connectivity index (χ3n) is 5.82. The molecule has 0 atom stereocenters. The van der Waals surface area contributed by atoms with Crippen LogP contribution in [0.3, 0.4) is 0 Å². The maximum absolute atomic E-state index is 13.6. The molecule has 0 spiro atoms. The second-order valence-corrected chi connectivity index (χ2v) is 10.4. The first-order chi connectivity index (χ1) is 15.8. The molecule has 1 saturated carbocycles. The van der Waals surface area contributed by atoms with Crippen LogP contribution < -0.4 is 19.1 Å². The van der Waals surface area contributed by atoms with Crippen LogP contribution in [0.5, 0.6) is 11.5 Å². The Morgan fingerprint density at radius 1 is 0.970 bits per heavy atom. The van der Waals surface area contributed by atoms with Crippen LogP contribution in [0.2, 0.25) is 5.02 Å². The van der Waals surface area contributed by atoms with Crippen LogP contribution in [0, 0.1) is 0 Å². The Bertz CT molecular complexity index is 1040. The van der Waals surface area contributed by atoms with Crippen LogP contribution in [-0.2, 0) is 14.8 Å². The number of hydrogen-bond donors (Lipinski definition) is 1. The average molecular weight is 495 g/mol. The lowest BCUT2D eigenvalue weighted by Gasteiger charge is -2.26. The minimum Gasteiger partial charge on any atom is -0.493 e. The van der Waals surface area contributed by atoms with E-state index < -0.39 is 10.0 Å². The fourth-order valence-corrected chi connectivity index (χ4v) is 5.59. The summed E-state index contributed by atoms with van der Waals surface area (Å²) in [6.45, 7) is -0.338. The first-order valence-corrected chi connectivity index (χ1v) is 13.0. The van der Waals surface area contributed by atoms with Gasteiger partial charge in [0.25, 0.3) is 10.0 Å². The number of carbonyl (C=O) groups excluding carboxylic acids is 1. The van der Waals surface area contributed by atoms with Gasteiger partial charge in [0.1, 0.15) is 6.54 Å². The molecule has 180 valence electrons. The molecule has 0 heterocycles. The summed E-state index contributed by atoms with van der Waals surface area (Å²) in [7, 11) is -1.16. The largest absolute Gasteiger partial charge is 0.493 e. The van der Waals surface area contributed by atoms with E-state index in [4.69, 9.17) is 21.1 Å². The first kappa shape index (κ1) is 25.2. The molecule has 1 aliphatic rings. The van der Waals surface area contributed by atoms with Gasteiger partial charge >= 0.3 is 0 Å². The predicted octanol–water partition coefficient (Wildman–Crippen LogP) is 4.78. The Labute approximate surface area is 201 Å². The zero-order valence-corrected chi connectivity index (χ0v) is 20.6. The standard InChI is InChI=1S/C24H31ClN2O5S/c1-31-22-15-14-21(16-23(22)32-2)33(29,30)27(20-12-10-18(25)11-13-20)17-24(28)26-19-8-6-4-3-5-7-9-19/h10-16,19H,3-9,17H2,1-2H3,(H,26,28). The van der Waals surface area contributed by atoms with Crippen molar-refractivity contribution in [2.45, 2.75) is 55.9 Å². The Hall–Kier alpha value is -2.45. The van der Waals surface area contributed by atoms with Gasteiger partial charge in [-0.15, -0.1) is 0 Å². The zero-order chi connectivity index (χ0) is 23.8. The van der Waals surface area contributed by atoms with Gasteiger partial charge < -0.3 is 14.8 Å². The molecule has 0 saturated heterocycles. The van der Waals surface area contributed by atoms with Crippen LogP contribution in [0.15, 0.2) is 47.4 Å². The predicted molar refractivity (Wildman–Crippen MR) is 130 cm³/mol. The molecule has 9 heteroatoms. The second-order valence-electron chi connectivity index (χ2n) is 8.11. The fraction of sp³-hybridized carbons (Fsp3) is 0.458. The van der Waals surface area contributed by atoms with E-state index in [0.717, 1.165) is 42.8 Å². The number of hydrogen-bond acceptors (Lipinski definition) is 5. The molecule has 2 aromatic carbocycles. The molecule has 2 aromatic rings. The van der Waals surface area contributed by atoms with Crippen molar-refractivity contribution >= 4 is 33.2 Å². The van der Waals surface area contributed by atoms with Crippen LogP contribution in [0.1, 0.15) is 44.9 Å². The van der Waals surface area contributed by atoms with Crippen molar-refractivity contribution in [1.82, 2.24) is 5.32 Å².